The van der Waals surface area contributed by atoms with Gasteiger partial charge < -0.3 is 10.0 Å². The Balaban J connectivity index is 2.15. The molecule has 2 aromatic rings. The van der Waals surface area contributed by atoms with Gasteiger partial charge in [-0.3, -0.25) is 9.59 Å². The number of halogens is 2. The number of carbonyl (C=O) groups excluding carboxylic acids is 1. The monoisotopic (exact) mass is 338 g/mol. The number of carboxylic acids is 1. The van der Waals surface area contributed by atoms with E-state index in [0.29, 0.717) is 5.69 Å². The maximum atomic E-state index is 13.7. The molecule has 0 bridgehead atoms. The van der Waals surface area contributed by atoms with Gasteiger partial charge in [0.15, 0.2) is 5.69 Å². The van der Waals surface area contributed by atoms with E-state index in [1.54, 1.807) is 6.92 Å². The Labute approximate surface area is 136 Å². The number of aromatic nitrogens is 3. The van der Waals surface area contributed by atoms with Gasteiger partial charge in [-0.15, -0.1) is 5.10 Å². The number of aliphatic carboxylic acids is 1. The van der Waals surface area contributed by atoms with Gasteiger partial charge in [0.05, 0.1) is 18.7 Å². The smallest absolute Gasteiger partial charge is 0.305 e. The van der Waals surface area contributed by atoms with Gasteiger partial charge in [0.2, 0.25) is 0 Å². The summed E-state index contributed by atoms with van der Waals surface area (Å²) in [6.45, 7) is 1.63. The average Bonchev–Trinajstić information content (AvgIpc) is 2.88. The molecule has 1 heterocycles. The van der Waals surface area contributed by atoms with E-state index in [4.69, 9.17) is 5.11 Å². The fourth-order valence-electron chi connectivity index (χ4n) is 2.07. The van der Waals surface area contributed by atoms with E-state index in [1.165, 1.54) is 22.7 Å². The van der Waals surface area contributed by atoms with Gasteiger partial charge in [0, 0.05) is 25.2 Å². The van der Waals surface area contributed by atoms with E-state index in [9.17, 15) is 18.4 Å². The van der Waals surface area contributed by atoms with Gasteiger partial charge in [-0.05, 0) is 13.0 Å². The number of nitrogens with zero attached hydrogens (tertiary/aromatic N) is 4. The highest BCUT2D eigenvalue weighted by molar-refractivity contribution is 5.93. The highest BCUT2D eigenvalue weighted by Crippen LogP contribution is 2.14. The third-order valence-electron chi connectivity index (χ3n) is 3.53. The molecular weight excluding hydrogens is 322 g/mol. The van der Waals surface area contributed by atoms with Crippen LogP contribution < -0.4 is 0 Å². The number of carbonyl (C=O) groups is 2. The molecule has 7 nitrogen and oxygen atoms in total. The maximum Gasteiger partial charge on any atom is 0.305 e. The average molecular weight is 338 g/mol. The lowest BCUT2D eigenvalue weighted by molar-refractivity contribution is -0.137. The first-order chi connectivity index (χ1) is 11.3. The lowest BCUT2D eigenvalue weighted by Crippen LogP contribution is -2.30. The van der Waals surface area contributed by atoms with Gasteiger partial charge in [-0.25, -0.2) is 13.5 Å². The first-order valence-electron chi connectivity index (χ1n) is 7.11. The van der Waals surface area contributed by atoms with Crippen LogP contribution in [-0.2, 0) is 11.3 Å². The second kappa shape index (κ2) is 7.16. The molecule has 9 heteroatoms. The summed E-state index contributed by atoms with van der Waals surface area (Å²) in [5.74, 6) is -2.87. The van der Waals surface area contributed by atoms with Gasteiger partial charge in [-0.2, -0.15) is 0 Å². The van der Waals surface area contributed by atoms with Crippen LogP contribution in [0.3, 0.4) is 0 Å². The Morgan fingerprint density at radius 2 is 2.04 bits per heavy atom. The predicted octanol–water partition coefficient (Wildman–Crippen LogP) is 1.46. The summed E-state index contributed by atoms with van der Waals surface area (Å²) in [4.78, 5) is 24.0. The van der Waals surface area contributed by atoms with Crippen LogP contribution in [0.15, 0.2) is 18.2 Å². The van der Waals surface area contributed by atoms with E-state index in [1.807, 2.05) is 0 Å². The van der Waals surface area contributed by atoms with Crippen molar-refractivity contribution in [1.82, 2.24) is 19.9 Å². The third-order valence-corrected chi connectivity index (χ3v) is 3.53. The van der Waals surface area contributed by atoms with Crippen molar-refractivity contribution in [2.75, 3.05) is 13.6 Å². The molecule has 0 saturated carbocycles. The van der Waals surface area contributed by atoms with Crippen LogP contribution in [0.1, 0.15) is 28.2 Å². The molecule has 0 fully saturated rings. The molecule has 0 aliphatic heterocycles. The van der Waals surface area contributed by atoms with Crippen molar-refractivity contribution in [2.24, 2.45) is 0 Å². The van der Waals surface area contributed by atoms with E-state index in [-0.39, 0.29) is 30.8 Å². The zero-order valence-corrected chi connectivity index (χ0v) is 13.2. The number of rotatable bonds is 6. The molecule has 0 aliphatic carbocycles. The molecule has 0 spiro atoms. The van der Waals surface area contributed by atoms with Gasteiger partial charge in [0.1, 0.15) is 11.6 Å². The lowest BCUT2D eigenvalue weighted by atomic mass is 10.2. The minimum atomic E-state index is -1.01. The fourth-order valence-corrected chi connectivity index (χ4v) is 2.07. The number of carboxylic acid groups (broad SMARTS) is 1. The van der Waals surface area contributed by atoms with Crippen LogP contribution in [0.4, 0.5) is 8.78 Å². The normalized spacial score (nSPS) is 10.7. The summed E-state index contributed by atoms with van der Waals surface area (Å²) in [6, 6.07) is 3.20. The van der Waals surface area contributed by atoms with Gasteiger partial charge in [0.25, 0.3) is 5.91 Å². The summed E-state index contributed by atoms with van der Waals surface area (Å²) in [6.07, 6.45) is -0.184. The molecule has 2 rings (SSSR count). The highest BCUT2D eigenvalue weighted by atomic mass is 19.1. The third kappa shape index (κ3) is 3.92. The van der Waals surface area contributed by atoms with Crippen molar-refractivity contribution >= 4 is 11.9 Å². The molecule has 0 aliphatic rings. The highest BCUT2D eigenvalue weighted by Gasteiger charge is 2.21. The Morgan fingerprint density at radius 1 is 1.33 bits per heavy atom. The molecule has 0 atom stereocenters. The Kier molecular flexibility index (Phi) is 5.22. The number of benzene rings is 1. The quantitative estimate of drug-likeness (QED) is 0.861. The molecule has 24 heavy (non-hydrogen) atoms. The largest absolute Gasteiger partial charge is 0.481 e. The second-order valence-electron chi connectivity index (χ2n) is 5.29. The number of hydrogen-bond donors (Lipinski definition) is 1. The van der Waals surface area contributed by atoms with Crippen molar-refractivity contribution in [3.63, 3.8) is 0 Å². The van der Waals surface area contributed by atoms with Crippen LogP contribution in [0.2, 0.25) is 0 Å². The zero-order chi connectivity index (χ0) is 17.9. The molecular formula is C15H16F2N4O3. The first kappa shape index (κ1) is 17.5. The molecule has 1 aromatic carbocycles. The van der Waals surface area contributed by atoms with Crippen LogP contribution in [0.5, 0.6) is 0 Å². The van der Waals surface area contributed by atoms with Crippen LogP contribution in [0, 0.1) is 18.6 Å². The minimum Gasteiger partial charge on any atom is -0.481 e. The first-order valence-corrected chi connectivity index (χ1v) is 7.11. The molecule has 0 saturated heterocycles. The Morgan fingerprint density at radius 3 is 2.67 bits per heavy atom. The Bertz CT molecular complexity index is 776. The van der Waals surface area contributed by atoms with E-state index < -0.39 is 23.5 Å². The van der Waals surface area contributed by atoms with Crippen LogP contribution >= 0.6 is 0 Å². The van der Waals surface area contributed by atoms with Crippen LogP contribution in [-0.4, -0.2) is 50.5 Å². The molecule has 1 amide bonds. The van der Waals surface area contributed by atoms with Crippen molar-refractivity contribution in [2.45, 2.75) is 19.9 Å². The Hall–Kier alpha value is -2.84. The van der Waals surface area contributed by atoms with Crippen molar-refractivity contribution in [3.8, 4) is 0 Å². The molecule has 1 N–H and O–H groups in total. The molecule has 0 unspecified atom stereocenters. The zero-order valence-electron chi connectivity index (χ0n) is 13.2. The van der Waals surface area contributed by atoms with Gasteiger partial charge >= 0.3 is 5.97 Å². The maximum absolute atomic E-state index is 13.7. The van der Waals surface area contributed by atoms with E-state index in [0.717, 1.165) is 12.1 Å². The molecule has 0 radical (unpaired) electrons. The van der Waals surface area contributed by atoms with Crippen LogP contribution in [0.25, 0.3) is 0 Å². The van der Waals surface area contributed by atoms with Gasteiger partial charge in [-0.1, -0.05) is 11.3 Å². The summed E-state index contributed by atoms with van der Waals surface area (Å²) in [5, 5.41) is 16.3. The van der Waals surface area contributed by atoms with Crippen molar-refractivity contribution in [1.29, 1.82) is 0 Å². The summed E-state index contributed by atoms with van der Waals surface area (Å²) >= 11 is 0. The predicted molar refractivity (Wildman–Crippen MR) is 79.4 cm³/mol. The fraction of sp³-hybridized carbons (Fsp3) is 0.333. The second-order valence-corrected chi connectivity index (χ2v) is 5.29. The lowest BCUT2D eigenvalue weighted by Gasteiger charge is -2.14. The SMILES string of the molecule is Cc1c(C(=O)N(C)CCC(=O)O)nnn1Cc1ccc(F)cc1F. The minimum absolute atomic E-state index is 0.00291. The van der Waals surface area contributed by atoms with Crippen molar-refractivity contribution < 1.29 is 23.5 Å². The summed E-state index contributed by atoms with van der Waals surface area (Å²) in [5.41, 5.74) is 0.680. The topological polar surface area (TPSA) is 88.3 Å². The summed E-state index contributed by atoms with van der Waals surface area (Å²) < 4.78 is 28.0. The van der Waals surface area contributed by atoms with E-state index in [2.05, 4.69) is 10.3 Å². The molecule has 128 valence electrons. The number of amides is 1. The van der Waals surface area contributed by atoms with Crippen molar-refractivity contribution in [3.05, 3.63) is 46.8 Å². The van der Waals surface area contributed by atoms with E-state index >= 15 is 0 Å². The molecule has 1 aromatic heterocycles. The summed E-state index contributed by atoms with van der Waals surface area (Å²) in [7, 11) is 1.46. The number of hydrogen-bond acceptors (Lipinski definition) is 4. The standard InChI is InChI=1S/C15H16F2N4O3/c1-9-14(15(24)20(2)6-5-13(22)23)18-19-21(9)8-10-3-4-11(16)7-12(10)17/h3-4,7H,5-6,8H2,1-2H3,(H,22,23).